The fraction of sp³-hybridized carbons (Fsp3) is 0.692. The minimum Gasteiger partial charge on any atom is -0.335 e. The Morgan fingerprint density at radius 3 is 3.05 bits per heavy atom. The molecule has 1 aromatic rings. The van der Waals surface area contributed by atoms with E-state index in [-0.39, 0.29) is 5.91 Å². The quantitative estimate of drug-likeness (QED) is 0.814. The lowest BCUT2D eigenvalue weighted by Gasteiger charge is -2.26. The van der Waals surface area contributed by atoms with E-state index in [1.54, 1.807) is 12.5 Å². The molecule has 106 valence electrons. The van der Waals surface area contributed by atoms with Crippen molar-refractivity contribution in [2.24, 2.45) is 5.73 Å². The molecule has 6 nitrogen and oxygen atoms in total. The minimum atomic E-state index is 0.0418. The molecule has 1 aliphatic heterocycles. The van der Waals surface area contributed by atoms with Crippen LogP contribution in [0.25, 0.3) is 0 Å². The zero-order valence-corrected chi connectivity index (χ0v) is 11.7. The molecule has 1 aromatic heterocycles. The molecule has 1 amide bonds. The van der Waals surface area contributed by atoms with Crippen molar-refractivity contribution in [2.45, 2.75) is 25.4 Å². The predicted molar refractivity (Wildman–Crippen MR) is 73.9 cm³/mol. The summed E-state index contributed by atoms with van der Waals surface area (Å²) in [5, 5.41) is 0. The van der Waals surface area contributed by atoms with E-state index in [9.17, 15) is 4.79 Å². The number of nitrogens with two attached hydrogens (primary N) is 1. The first-order valence-electron chi connectivity index (χ1n) is 6.79. The van der Waals surface area contributed by atoms with Crippen molar-refractivity contribution in [1.29, 1.82) is 0 Å². The summed E-state index contributed by atoms with van der Waals surface area (Å²) >= 11 is 0. The summed E-state index contributed by atoms with van der Waals surface area (Å²) in [5.41, 5.74) is 6.02. The van der Waals surface area contributed by atoms with Crippen molar-refractivity contribution in [3.63, 3.8) is 0 Å². The van der Waals surface area contributed by atoms with Gasteiger partial charge in [-0.15, -0.1) is 0 Å². The number of carbonyl (C=O) groups is 1. The van der Waals surface area contributed by atoms with Crippen molar-refractivity contribution in [3.05, 3.63) is 18.2 Å². The van der Waals surface area contributed by atoms with Crippen LogP contribution in [-0.2, 0) is 6.54 Å². The van der Waals surface area contributed by atoms with E-state index in [4.69, 9.17) is 5.73 Å². The number of aromatic nitrogens is 2. The maximum absolute atomic E-state index is 12.5. The van der Waals surface area contributed by atoms with Gasteiger partial charge in [0.1, 0.15) is 5.69 Å². The summed E-state index contributed by atoms with van der Waals surface area (Å²) in [6, 6.07) is 0.308. The lowest BCUT2D eigenvalue weighted by atomic mass is 10.2. The maximum Gasteiger partial charge on any atom is 0.274 e. The van der Waals surface area contributed by atoms with Gasteiger partial charge in [0.05, 0.1) is 6.33 Å². The van der Waals surface area contributed by atoms with Gasteiger partial charge in [-0.1, -0.05) is 0 Å². The van der Waals surface area contributed by atoms with Crippen LogP contribution in [0.3, 0.4) is 0 Å². The Labute approximate surface area is 114 Å². The van der Waals surface area contributed by atoms with E-state index in [0.29, 0.717) is 24.8 Å². The monoisotopic (exact) mass is 265 g/mol. The Kier molecular flexibility index (Phi) is 4.55. The molecule has 1 aliphatic rings. The van der Waals surface area contributed by atoms with E-state index in [2.05, 4.69) is 9.88 Å². The molecule has 0 saturated carbocycles. The molecule has 2 N–H and O–H groups in total. The Bertz CT molecular complexity index is 428. The number of carbonyl (C=O) groups excluding carboxylic acids is 1. The smallest absolute Gasteiger partial charge is 0.274 e. The van der Waals surface area contributed by atoms with Crippen LogP contribution < -0.4 is 5.73 Å². The molecular formula is C13H23N5O. The molecular weight excluding hydrogens is 242 g/mol. The number of likely N-dealkylation sites (tertiary alicyclic amines) is 1. The molecule has 1 fully saturated rings. The SMILES string of the molecule is CN(C)CC1CCCN1C(=O)c1cn(CCN)cn1. The highest BCUT2D eigenvalue weighted by molar-refractivity contribution is 5.92. The van der Waals surface area contributed by atoms with E-state index >= 15 is 0 Å². The van der Waals surface area contributed by atoms with Crippen molar-refractivity contribution >= 4 is 5.91 Å². The van der Waals surface area contributed by atoms with Gasteiger partial charge < -0.3 is 20.1 Å². The second-order valence-corrected chi connectivity index (χ2v) is 5.34. The molecule has 0 spiro atoms. The highest BCUT2D eigenvalue weighted by Crippen LogP contribution is 2.20. The molecule has 2 rings (SSSR count). The summed E-state index contributed by atoms with van der Waals surface area (Å²) in [7, 11) is 4.08. The molecule has 6 heteroatoms. The second-order valence-electron chi connectivity index (χ2n) is 5.34. The number of nitrogens with zero attached hydrogens (tertiary/aromatic N) is 4. The Morgan fingerprint density at radius 1 is 1.58 bits per heavy atom. The number of hydrogen-bond donors (Lipinski definition) is 1. The molecule has 0 bridgehead atoms. The molecule has 0 aromatic carbocycles. The van der Waals surface area contributed by atoms with Crippen molar-refractivity contribution < 1.29 is 4.79 Å². The lowest BCUT2D eigenvalue weighted by Crippen LogP contribution is -2.41. The first-order chi connectivity index (χ1) is 9.11. The van der Waals surface area contributed by atoms with E-state index in [1.807, 2.05) is 23.6 Å². The summed E-state index contributed by atoms with van der Waals surface area (Å²) in [5.74, 6) is 0.0418. The van der Waals surface area contributed by atoms with Crippen LogP contribution in [0.5, 0.6) is 0 Å². The lowest BCUT2D eigenvalue weighted by molar-refractivity contribution is 0.0711. The van der Waals surface area contributed by atoms with Gasteiger partial charge in [-0.25, -0.2) is 4.98 Å². The topological polar surface area (TPSA) is 67.4 Å². The zero-order valence-electron chi connectivity index (χ0n) is 11.7. The maximum atomic E-state index is 12.5. The highest BCUT2D eigenvalue weighted by Gasteiger charge is 2.30. The minimum absolute atomic E-state index is 0.0418. The number of amides is 1. The number of imidazole rings is 1. The summed E-state index contributed by atoms with van der Waals surface area (Å²) in [4.78, 5) is 20.7. The number of hydrogen-bond acceptors (Lipinski definition) is 4. The summed E-state index contributed by atoms with van der Waals surface area (Å²) < 4.78 is 1.87. The molecule has 0 radical (unpaired) electrons. The Balaban J connectivity index is 2.04. The zero-order chi connectivity index (χ0) is 13.8. The highest BCUT2D eigenvalue weighted by atomic mass is 16.2. The van der Waals surface area contributed by atoms with Crippen LogP contribution in [0.15, 0.2) is 12.5 Å². The van der Waals surface area contributed by atoms with Crippen LogP contribution >= 0.6 is 0 Å². The first kappa shape index (κ1) is 14.0. The van der Waals surface area contributed by atoms with Gasteiger partial charge in [0.15, 0.2) is 0 Å². The van der Waals surface area contributed by atoms with Gasteiger partial charge in [0, 0.05) is 38.4 Å². The summed E-state index contributed by atoms with van der Waals surface area (Å²) in [6.07, 6.45) is 5.62. The predicted octanol–water partition coefficient (Wildman–Crippen LogP) is 0.00800. The average Bonchev–Trinajstić information content (AvgIpc) is 2.97. The number of rotatable bonds is 5. The molecule has 1 saturated heterocycles. The third-order valence-electron chi connectivity index (χ3n) is 3.45. The third-order valence-corrected chi connectivity index (χ3v) is 3.45. The largest absolute Gasteiger partial charge is 0.335 e. The van der Waals surface area contributed by atoms with Gasteiger partial charge >= 0.3 is 0 Å². The number of likely N-dealkylation sites (N-methyl/N-ethyl adjacent to an activating group) is 1. The van der Waals surface area contributed by atoms with E-state index < -0.39 is 0 Å². The normalized spacial score (nSPS) is 19.4. The molecule has 19 heavy (non-hydrogen) atoms. The van der Waals surface area contributed by atoms with Crippen molar-refractivity contribution in [2.75, 3.05) is 33.7 Å². The van der Waals surface area contributed by atoms with Crippen LogP contribution in [0, 0.1) is 0 Å². The molecule has 0 aliphatic carbocycles. The van der Waals surface area contributed by atoms with Gasteiger partial charge in [0.25, 0.3) is 5.91 Å². The molecule has 1 atom stereocenters. The second kappa shape index (κ2) is 6.16. The standard InChI is InChI=1S/C13H23N5O/c1-16(2)8-11-4-3-6-18(11)13(19)12-9-17(7-5-14)10-15-12/h9-11H,3-8,14H2,1-2H3. The Hall–Kier alpha value is -1.40. The third kappa shape index (κ3) is 3.33. The first-order valence-corrected chi connectivity index (χ1v) is 6.79. The van der Waals surface area contributed by atoms with Gasteiger partial charge in [0.2, 0.25) is 0 Å². The van der Waals surface area contributed by atoms with Crippen LogP contribution in [0.4, 0.5) is 0 Å². The van der Waals surface area contributed by atoms with Crippen LogP contribution in [0.2, 0.25) is 0 Å². The van der Waals surface area contributed by atoms with Crippen molar-refractivity contribution in [1.82, 2.24) is 19.4 Å². The van der Waals surface area contributed by atoms with Crippen molar-refractivity contribution in [3.8, 4) is 0 Å². The van der Waals surface area contributed by atoms with E-state index in [0.717, 1.165) is 25.9 Å². The van der Waals surface area contributed by atoms with Crippen LogP contribution in [0.1, 0.15) is 23.3 Å². The Morgan fingerprint density at radius 2 is 2.37 bits per heavy atom. The fourth-order valence-electron chi connectivity index (χ4n) is 2.60. The van der Waals surface area contributed by atoms with E-state index in [1.165, 1.54) is 0 Å². The van der Waals surface area contributed by atoms with Gasteiger partial charge in [-0.2, -0.15) is 0 Å². The van der Waals surface area contributed by atoms with Gasteiger partial charge in [-0.3, -0.25) is 4.79 Å². The molecule has 1 unspecified atom stereocenters. The molecule has 2 heterocycles. The average molecular weight is 265 g/mol. The van der Waals surface area contributed by atoms with Crippen LogP contribution in [-0.4, -0.2) is 65.0 Å². The summed E-state index contributed by atoms with van der Waals surface area (Å²) in [6.45, 7) is 2.99. The van der Waals surface area contributed by atoms with Gasteiger partial charge in [-0.05, 0) is 26.9 Å². The fourth-order valence-corrected chi connectivity index (χ4v) is 2.60.